The molecule has 2 nitrogen and oxygen atoms in total. The molecule has 0 radical (unpaired) electrons. The number of phenolic OH excluding ortho intramolecular Hbond substituents is 1. The van der Waals surface area contributed by atoms with Crippen LogP contribution < -0.4 is 0 Å². The average molecular weight is 178 g/mol. The highest BCUT2D eigenvalue weighted by Crippen LogP contribution is 2.23. The van der Waals surface area contributed by atoms with Crippen molar-refractivity contribution in [3.63, 3.8) is 0 Å². The minimum atomic E-state index is 0.143. The number of rotatable bonds is 2. The second kappa shape index (κ2) is 3.60. The Morgan fingerprint density at radius 3 is 2.15 bits per heavy atom. The summed E-state index contributed by atoms with van der Waals surface area (Å²) < 4.78 is 0. The van der Waals surface area contributed by atoms with Crippen molar-refractivity contribution in [1.29, 1.82) is 0 Å². The Morgan fingerprint density at radius 1 is 1.31 bits per heavy atom. The lowest BCUT2D eigenvalue weighted by Crippen LogP contribution is -1.97. The zero-order valence-corrected chi connectivity index (χ0v) is 8.22. The first-order valence-electron chi connectivity index (χ1n) is 4.29. The molecule has 1 rings (SSSR count). The standard InChI is InChI=1S/C11H14O2/c1-7-4-10(6-9(3)12)5-8(2)11(7)13/h4-5,13H,6H2,1-3H3. The molecule has 0 aromatic heterocycles. The molecule has 0 amide bonds. The van der Waals surface area contributed by atoms with Crippen molar-refractivity contribution in [1.82, 2.24) is 0 Å². The second-order valence-electron chi connectivity index (χ2n) is 3.46. The van der Waals surface area contributed by atoms with Crippen molar-refractivity contribution in [2.45, 2.75) is 27.2 Å². The SMILES string of the molecule is CC(=O)Cc1cc(C)c(O)c(C)c1. The summed E-state index contributed by atoms with van der Waals surface area (Å²) in [4.78, 5) is 10.9. The number of hydrogen-bond donors (Lipinski definition) is 1. The van der Waals surface area contributed by atoms with Crippen LogP contribution in [0.25, 0.3) is 0 Å². The van der Waals surface area contributed by atoms with Crippen molar-refractivity contribution in [2.75, 3.05) is 0 Å². The Morgan fingerprint density at radius 2 is 1.77 bits per heavy atom. The number of aryl methyl sites for hydroxylation is 2. The Bertz CT molecular complexity index is 317. The van der Waals surface area contributed by atoms with Gasteiger partial charge >= 0.3 is 0 Å². The molecular formula is C11H14O2. The number of phenols is 1. The van der Waals surface area contributed by atoms with Crippen LogP contribution in [0.1, 0.15) is 23.6 Å². The van der Waals surface area contributed by atoms with E-state index in [1.165, 1.54) is 0 Å². The first kappa shape index (κ1) is 9.78. The smallest absolute Gasteiger partial charge is 0.134 e. The van der Waals surface area contributed by atoms with Crippen LogP contribution in [0, 0.1) is 13.8 Å². The molecule has 1 aromatic rings. The summed E-state index contributed by atoms with van der Waals surface area (Å²) >= 11 is 0. The van der Waals surface area contributed by atoms with Gasteiger partial charge in [-0.05, 0) is 37.5 Å². The third-order valence-corrected chi connectivity index (χ3v) is 2.00. The van der Waals surface area contributed by atoms with Crippen LogP contribution in [0.4, 0.5) is 0 Å². The van der Waals surface area contributed by atoms with Crippen molar-refractivity contribution in [3.05, 3.63) is 28.8 Å². The van der Waals surface area contributed by atoms with Crippen LogP contribution >= 0.6 is 0 Å². The number of carbonyl (C=O) groups excluding carboxylic acids is 1. The van der Waals surface area contributed by atoms with Crippen molar-refractivity contribution < 1.29 is 9.90 Å². The lowest BCUT2D eigenvalue weighted by Gasteiger charge is -2.06. The average Bonchev–Trinajstić information content (AvgIpc) is 1.98. The van der Waals surface area contributed by atoms with E-state index in [9.17, 15) is 9.90 Å². The largest absolute Gasteiger partial charge is 0.507 e. The Labute approximate surface area is 78.2 Å². The molecule has 1 N–H and O–H groups in total. The van der Waals surface area contributed by atoms with Crippen LogP contribution in [-0.4, -0.2) is 10.9 Å². The topological polar surface area (TPSA) is 37.3 Å². The number of Topliss-reactive ketones (excluding diaryl/α,β-unsaturated/α-hetero) is 1. The van der Waals surface area contributed by atoms with Gasteiger partial charge in [0.15, 0.2) is 0 Å². The molecule has 1 aromatic carbocycles. The van der Waals surface area contributed by atoms with Crippen LogP contribution in [0.5, 0.6) is 5.75 Å². The fourth-order valence-corrected chi connectivity index (χ4v) is 1.44. The van der Waals surface area contributed by atoms with Gasteiger partial charge < -0.3 is 5.11 Å². The van der Waals surface area contributed by atoms with Gasteiger partial charge in [0, 0.05) is 6.42 Å². The van der Waals surface area contributed by atoms with Crippen LogP contribution in [0.2, 0.25) is 0 Å². The van der Waals surface area contributed by atoms with E-state index in [0.29, 0.717) is 12.2 Å². The quantitative estimate of drug-likeness (QED) is 0.753. The normalized spacial score (nSPS) is 10.1. The summed E-state index contributed by atoms with van der Waals surface area (Å²) in [5, 5.41) is 9.48. The summed E-state index contributed by atoms with van der Waals surface area (Å²) in [5.41, 5.74) is 2.63. The molecule has 2 heteroatoms. The van der Waals surface area contributed by atoms with Gasteiger partial charge in [-0.15, -0.1) is 0 Å². The number of carbonyl (C=O) groups is 1. The van der Waals surface area contributed by atoms with Gasteiger partial charge in [0.05, 0.1) is 0 Å². The van der Waals surface area contributed by atoms with E-state index in [2.05, 4.69) is 0 Å². The van der Waals surface area contributed by atoms with Gasteiger partial charge in [-0.2, -0.15) is 0 Å². The van der Waals surface area contributed by atoms with E-state index in [0.717, 1.165) is 16.7 Å². The molecule has 0 unspecified atom stereocenters. The molecule has 0 aliphatic heterocycles. The lowest BCUT2D eigenvalue weighted by molar-refractivity contribution is -0.116. The molecule has 0 aliphatic rings. The molecule has 0 heterocycles. The molecule has 0 bridgehead atoms. The maximum absolute atomic E-state index is 10.9. The minimum absolute atomic E-state index is 0.143. The molecule has 13 heavy (non-hydrogen) atoms. The first-order valence-corrected chi connectivity index (χ1v) is 4.29. The highest BCUT2D eigenvalue weighted by molar-refractivity contribution is 5.78. The predicted molar refractivity (Wildman–Crippen MR) is 52.0 cm³/mol. The van der Waals surface area contributed by atoms with E-state index in [4.69, 9.17) is 0 Å². The van der Waals surface area contributed by atoms with Gasteiger partial charge in [0.2, 0.25) is 0 Å². The Balaban J connectivity index is 3.06. The Kier molecular flexibility index (Phi) is 2.71. The number of benzene rings is 1. The molecular weight excluding hydrogens is 164 g/mol. The van der Waals surface area contributed by atoms with Crippen LogP contribution in [-0.2, 0) is 11.2 Å². The third kappa shape index (κ3) is 2.31. The molecule has 0 aliphatic carbocycles. The molecule has 0 atom stereocenters. The first-order chi connectivity index (χ1) is 6.00. The fraction of sp³-hybridized carbons (Fsp3) is 0.364. The third-order valence-electron chi connectivity index (χ3n) is 2.00. The zero-order valence-electron chi connectivity index (χ0n) is 8.22. The summed E-state index contributed by atoms with van der Waals surface area (Å²) in [6.07, 6.45) is 0.446. The summed E-state index contributed by atoms with van der Waals surface area (Å²) in [6, 6.07) is 3.70. The maximum atomic E-state index is 10.9. The highest BCUT2D eigenvalue weighted by Gasteiger charge is 2.04. The second-order valence-corrected chi connectivity index (χ2v) is 3.46. The number of hydrogen-bond acceptors (Lipinski definition) is 2. The Hall–Kier alpha value is -1.31. The number of ketones is 1. The molecule has 70 valence electrons. The van der Waals surface area contributed by atoms with Gasteiger partial charge in [-0.1, -0.05) is 12.1 Å². The maximum Gasteiger partial charge on any atom is 0.134 e. The van der Waals surface area contributed by atoms with Crippen molar-refractivity contribution in [3.8, 4) is 5.75 Å². The van der Waals surface area contributed by atoms with Gasteiger partial charge in [0.25, 0.3) is 0 Å². The van der Waals surface area contributed by atoms with Crippen LogP contribution in [0.3, 0.4) is 0 Å². The predicted octanol–water partition coefficient (Wildman–Crippen LogP) is 2.14. The van der Waals surface area contributed by atoms with Crippen molar-refractivity contribution in [2.24, 2.45) is 0 Å². The van der Waals surface area contributed by atoms with E-state index in [1.807, 2.05) is 26.0 Å². The molecule has 0 saturated carbocycles. The molecule has 0 saturated heterocycles. The van der Waals surface area contributed by atoms with Gasteiger partial charge in [-0.25, -0.2) is 0 Å². The highest BCUT2D eigenvalue weighted by atomic mass is 16.3. The lowest BCUT2D eigenvalue weighted by atomic mass is 10.0. The number of aromatic hydroxyl groups is 1. The van der Waals surface area contributed by atoms with Gasteiger partial charge in [0.1, 0.15) is 11.5 Å². The molecule has 0 fully saturated rings. The minimum Gasteiger partial charge on any atom is -0.507 e. The summed E-state index contributed by atoms with van der Waals surface area (Å²) in [6.45, 7) is 5.25. The molecule has 0 spiro atoms. The van der Waals surface area contributed by atoms with Gasteiger partial charge in [-0.3, -0.25) is 4.79 Å². The van der Waals surface area contributed by atoms with Crippen LogP contribution in [0.15, 0.2) is 12.1 Å². The van der Waals surface area contributed by atoms with E-state index in [-0.39, 0.29) is 5.78 Å². The summed E-state index contributed by atoms with van der Waals surface area (Å²) in [7, 11) is 0. The fourth-order valence-electron chi connectivity index (χ4n) is 1.44. The van der Waals surface area contributed by atoms with E-state index < -0.39 is 0 Å². The monoisotopic (exact) mass is 178 g/mol. The van der Waals surface area contributed by atoms with Crippen molar-refractivity contribution >= 4 is 5.78 Å². The summed E-state index contributed by atoms with van der Waals surface area (Å²) in [5.74, 6) is 0.469. The zero-order chi connectivity index (χ0) is 10.0. The van der Waals surface area contributed by atoms with E-state index >= 15 is 0 Å². The van der Waals surface area contributed by atoms with E-state index in [1.54, 1.807) is 6.92 Å².